The van der Waals surface area contributed by atoms with E-state index in [0.29, 0.717) is 21.8 Å². The Hall–Kier alpha value is -1.07. The number of amides is 1. The van der Waals surface area contributed by atoms with Gasteiger partial charge in [0.25, 0.3) is 5.91 Å². The summed E-state index contributed by atoms with van der Waals surface area (Å²) in [5.74, 6) is 0.0886. The number of nitrogens with zero attached hydrogens (tertiary/aromatic N) is 2. The SMILES string of the molecule is Nc1cccc(C(=O)N2CCN3CCCC3C2)c1Br. The highest BCUT2D eigenvalue weighted by molar-refractivity contribution is 9.10. The zero-order chi connectivity index (χ0) is 13.4. The van der Waals surface area contributed by atoms with E-state index in [-0.39, 0.29) is 5.91 Å². The average Bonchev–Trinajstić information content (AvgIpc) is 2.88. The molecule has 2 saturated heterocycles. The molecule has 4 nitrogen and oxygen atoms in total. The maximum Gasteiger partial charge on any atom is 0.255 e. The minimum absolute atomic E-state index is 0.0886. The zero-order valence-electron chi connectivity index (χ0n) is 10.8. The second kappa shape index (κ2) is 5.13. The molecule has 19 heavy (non-hydrogen) atoms. The van der Waals surface area contributed by atoms with Crippen LogP contribution in [0.1, 0.15) is 23.2 Å². The van der Waals surface area contributed by atoms with Crippen LogP contribution in [0, 0.1) is 0 Å². The number of rotatable bonds is 1. The molecular weight excluding hydrogens is 306 g/mol. The molecule has 0 bridgehead atoms. The molecule has 1 aromatic carbocycles. The molecule has 0 saturated carbocycles. The summed E-state index contributed by atoms with van der Waals surface area (Å²) in [6.07, 6.45) is 2.47. The number of carbonyl (C=O) groups is 1. The number of nitrogens with two attached hydrogens (primary N) is 1. The van der Waals surface area contributed by atoms with Gasteiger partial charge in [0, 0.05) is 31.4 Å². The maximum absolute atomic E-state index is 12.6. The van der Waals surface area contributed by atoms with E-state index >= 15 is 0 Å². The molecule has 2 aliphatic heterocycles. The van der Waals surface area contributed by atoms with Crippen molar-refractivity contribution in [3.63, 3.8) is 0 Å². The molecule has 1 atom stereocenters. The summed E-state index contributed by atoms with van der Waals surface area (Å²) in [5, 5.41) is 0. The van der Waals surface area contributed by atoms with Gasteiger partial charge < -0.3 is 10.6 Å². The third-order valence-electron chi connectivity index (χ3n) is 4.13. The molecule has 1 unspecified atom stereocenters. The van der Waals surface area contributed by atoms with Crippen molar-refractivity contribution in [1.29, 1.82) is 0 Å². The van der Waals surface area contributed by atoms with Gasteiger partial charge in [0.2, 0.25) is 0 Å². The number of nitrogen functional groups attached to an aromatic ring is 1. The third kappa shape index (κ3) is 2.37. The van der Waals surface area contributed by atoms with Crippen LogP contribution in [0.25, 0.3) is 0 Å². The van der Waals surface area contributed by atoms with Crippen LogP contribution in [-0.2, 0) is 0 Å². The number of hydrogen-bond acceptors (Lipinski definition) is 3. The summed E-state index contributed by atoms with van der Waals surface area (Å²) in [4.78, 5) is 17.0. The highest BCUT2D eigenvalue weighted by atomic mass is 79.9. The monoisotopic (exact) mass is 323 g/mol. The number of fused-ring (bicyclic) bond motifs is 1. The lowest BCUT2D eigenvalue weighted by Crippen LogP contribution is -2.52. The molecule has 2 fully saturated rings. The van der Waals surface area contributed by atoms with E-state index in [1.807, 2.05) is 17.0 Å². The number of anilines is 1. The Morgan fingerprint density at radius 3 is 3.00 bits per heavy atom. The zero-order valence-corrected chi connectivity index (χ0v) is 12.4. The average molecular weight is 324 g/mol. The van der Waals surface area contributed by atoms with Crippen LogP contribution in [0.5, 0.6) is 0 Å². The Morgan fingerprint density at radius 2 is 2.16 bits per heavy atom. The van der Waals surface area contributed by atoms with Crippen molar-refractivity contribution in [2.75, 3.05) is 31.9 Å². The van der Waals surface area contributed by atoms with E-state index in [4.69, 9.17) is 5.73 Å². The van der Waals surface area contributed by atoms with Crippen molar-refractivity contribution >= 4 is 27.5 Å². The van der Waals surface area contributed by atoms with Crippen molar-refractivity contribution in [2.24, 2.45) is 0 Å². The van der Waals surface area contributed by atoms with Crippen molar-refractivity contribution in [1.82, 2.24) is 9.80 Å². The minimum Gasteiger partial charge on any atom is -0.398 e. The van der Waals surface area contributed by atoms with Crippen LogP contribution < -0.4 is 5.73 Å². The first-order valence-corrected chi connectivity index (χ1v) is 7.53. The summed E-state index contributed by atoms with van der Waals surface area (Å²) in [5.41, 5.74) is 7.14. The number of carbonyl (C=O) groups excluding carboxylic acids is 1. The number of halogens is 1. The first-order valence-electron chi connectivity index (χ1n) is 6.74. The fourth-order valence-corrected chi connectivity index (χ4v) is 3.49. The van der Waals surface area contributed by atoms with E-state index in [1.165, 1.54) is 19.4 Å². The van der Waals surface area contributed by atoms with Gasteiger partial charge in [-0.05, 0) is 47.4 Å². The smallest absolute Gasteiger partial charge is 0.255 e. The summed E-state index contributed by atoms with van der Waals surface area (Å²) < 4.78 is 0.717. The lowest BCUT2D eigenvalue weighted by atomic mass is 10.1. The quantitative estimate of drug-likeness (QED) is 0.804. The van der Waals surface area contributed by atoms with E-state index in [2.05, 4.69) is 20.8 Å². The number of hydrogen-bond donors (Lipinski definition) is 1. The van der Waals surface area contributed by atoms with Gasteiger partial charge in [0.1, 0.15) is 0 Å². The van der Waals surface area contributed by atoms with Gasteiger partial charge in [0.05, 0.1) is 10.0 Å². The molecule has 2 N–H and O–H groups in total. The second-order valence-corrected chi connectivity index (χ2v) is 6.08. The van der Waals surface area contributed by atoms with Crippen molar-refractivity contribution in [3.8, 4) is 0 Å². The predicted molar refractivity (Wildman–Crippen MR) is 79.1 cm³/mol. The minimum atomic E-state index is 0.0886. The molecular formula is C14H18BrN3O. The molecule has 102 valence electrons. The van der Waals surface area contributed by atoms with Gasteiger partial charge in [-0.1, -0.05) is 6.07 Å². The molecule has 0 radical (unpaired) electrons. The van der Waals surface area contributed by atoms with Gasteiger partial charge in [-0.25, -0.2) is 0 Å². The fraction of sp³-hybridized carbons (Fsp3) is 0.500. The maximum atomic E-state index is 12.6. The van der Waals surface area contributed by atoms with Crippen LogP contribution in [0.3, 0.4) is 0 Å². The third-order valence-corrected chi connectivity index (χ3v) is 5.02. The van der Waals surface area contributed by atoms with Crippen LogP contribution in [-0.4, -0.2) is 47.9 Å². The molecule has 1 aromatic rings. The normalized spacial score (nSPS) is 23.4. The second-order valence-electron chi connectivity index (χ2n) is 5.29. The predicted octanol–water partition coefficient (Wildman–Crippen LogP) is 1.95. The fourth-order valence-electron chi connectivity index (χ4n) is 3.06. The Kier molecular flexibility index (Phi) is 3.50. The lowest BCUT2D eigenvalue weighted by molar-refractivity contribution is 0.0570. The standard InChI is InChI=1S/C14H18BrN3O/c15-13-11(4-1-5-12(13)16)14(19)18-8-7-17-6-2-3-10(17)9-18/h1,4-5,10H,2-3,6-9,16H2. The topological polar surface area (TPSA) is 49.6 Å². The molecule has 0 spiro atoms. The Morgan fingerprint density at radius 1 is 1.32 bits per heavy atom. The first kappa shape index (κ1) is 12.9. The van der Waals surface area contributed by atoms with E-state index in [1.54, 1.807) is 6.07 Å². The van der Waals surface area contributed by atoms with Crippen molar-refractivity contribution < 1.29 is 4.79 Å². The van der Waals surface area contributed by atoms with Gasteiger partial charge >= 0.3 is 0 Å². The van der Waals surface area contributed by atoms with Crippen LogP contribution >= 0.6 is 15.9 Å². The largest absolute Gasteiger partial charge is 0.398 e. The summed E-state index contributed by atoms with van der Waals surface area (Å²) in [6.45, 7) is 3.85. The molecule has 1 amide bonds. The van der Waals surface area contributed by atoms with Crippen LogP contribution in [0.4, 0.5) is 5.69 Å². The number of benzene rings is 1. The first-order chi connectivity index (χ1) is 9.16. The van der Waals surface area contributed by atoms with Crippen molar-refractivity contribution in [3.05, 3.63) is 28.2 Å². The highest BCUT2D eigenvalue weighted by Crippen LogP contribution is 2.27. The lowest BCUT2D eigenvalue weighted by Gasteiger charge is -2.37. The van der Waals surface area contributed by atoms with E-state index in [0.717, 1.165) is 19.6 Å². The molecule has 2 aliphatic rings. The Bertz CT molecular complexity index is 505. The van der Waals surface area contributed by atoms with Gasteiger partial charge in [-0.3, -0.25) is 9.69 Å². The molecule has 0 aromatic heterocycles. The molecule has 2 heterocycles. The Labute approximate surface area is 121 Å². The van der Waals surface area contributed by atoms with Gasteiger partial charge in [-0.15, -0.1) is 0 Å². The van der Waals surface area contributed by atoms with E-state index < -0.39 is 0 Å². The highest BCUT2D eigenvalue weighted by Gasteiger charge is 2.33. The van der Waals surface area contributed by atoms with Gasteiger partial charge in [-0.2, -0.15) is 0 Å². The van der Waals surface area contributed by atoms with Crippen molar-refractivity contribution in [2.45, 2.75) is 18.9 Å². The van der Waals surface area contributed by atoms with E-state index in [9.17, 15) is 4.79 Å². The summed E-state index contributed by atoms with van der Waals surface area (Å²) in [7, 11) is 0. The summed E-state index contributed by atoms with van der Waals surface area (Å²) in [6, 6.07) is 6.02. The van der Waals surface area contributed by atoms with Crippen LogP contribution in [0.2, 0.25) is 0 Å². The molecule has 5 heteroatoms. The summed E-state index contributed by atoms with van der Waals surface area (Å²) >= 11 is 3.42. The Balaban J connectivity index is 1.79. The molecule has 0 aliphatic carbocycles. The molecule has 3 rings (SSSR count). The number of piperazine rings is 1. The van der Waals surface area contributed by atoms with Crippen LogP contribution in [0.15, 0.2) is 22.7 Å². The van der Waals surface area contributed by atoms with Gasteiger partial charge in [0.15, 0.2) is 0 Å².